The fourth-order valence-corrected chi connectivity index (χ4v) is 3.68. The van der Waals surface area contributed by atoms with Crippen molar-refractivity contribution in [2.45, 2.75) is 6.54 Å². The van der Waals surface area contributed by atoms with E-state index in [4.69, 9.17) is 5.73 Å². The summed E-state index contributed by atoms with van der Waals surface area (Å²) >= 11 is 0. The van der Waals surface area contributed by atoms with Gasteiger partial charge in [0.1, 0.15) is 0 Å². The van der Waals surface area contributed by atoms with Crippen molar-refractivity contribution in [2.24, 2.45) is 7.05 Å². The Labute approximate surface area is 184 Å². The summed E-state index contributed by atoms with van der Waals surface area (Å²) in [7, 11) is 3.23. The fraction of sp³-hybridized carbons (Fsp3) is 0.125. The van der Waals surface area contributed by atoms with E-state index in [0.717, 1.165) is 5.56 Å². The minimum Gasteiger partial charge on any atom is -0.397 e. The molecule has 4 N–H and O–H groups in total. The number of nitrogens with one attached hydrogen (secondary N) is 2. The van der Waals surface area contributed by atoms with Crippen LogP contribution < -0.4 is 22.1 Å². The molecular weight excluding hydrogens is 406 g/mol. The third-order valence-corrected chi connectivity index (χ3v) is 5.40. The summed E-state index contributed by atoms with van der Waals surface area (Å²) in [5.74, 6) is -0.541. The van der Waals surface area contributed by atoms with E-state index >= 15 is 0 Å². The van der Waals surface area contributed by atoms with Crippen molar-refractivity contribution in [2.75, 3.05) is 18.1 Å². The molecule has 0 unspecified atom stereocenters. The van der Waals surface area contributed by atoms with Crippen LogP contribution in [-0.2, 0) is 13.6 Å². The molecule has 1 heterocycles. The van der Waals surface area contributed by atoms with Crippen molar-refractivity contribution in [1.29, 1.82) is 0 Å². The first-order valence-electron chi connectivity index (χ1n) is 10.1. The van der Waals surface area contributed by atoms with Crippen LogP contribution in [0.2, 0.25) is 0 Å². The van der Waals surface area contributed by atoms with Gasteiger partial charge in [0.05, 0.1) is 34.5 Å². The van der Waals surface area contributed by atoms with Crippen molar-refractivity contribution in [3.63, 3.8) is 0 Å². The number of nitrogens with zero attached hydrogens (tertiary/aromatic N) is 2. The topological polar surface area (TPSA) is 111 Å². The lowest BCUT2D eigenvalue weighted by atomic mass is 10.1. The van der Waals surface area contributed by atoms with Gasteiger partial charge in [-0.2, -0.15) is 0 Å². The highest BCUT2D eigenvalue weighted by Gasteiger charge is 2.18. The molecule has 0 aliphatic heterocycles. The standard InChI is InChI=1S/C24H23N5O3/c1-26-23(31)17-6-5-9-20-21(17)29(24(32)28(20)2)14-15-10-12-16(13-11-15)22(30)27-19-8-4-3-7-18(19)25/h3-13H,14,25H2,1-2H3,(H,26,31)(H,27,30). The molecule has 0 atom stereocenters. The second-order valence-corrected chi connectivity index (χ2v) is 7.42. The summed E-state index contributed by atoms with van der Waals surface area (Å²) in [5, 5.41) is 5.41. The highest BCUT2D eigenvalue weighted by Crippen LogP contribution is 2.20. The molecule has 1 aromatic heterocycles. The van der Waals surface area contributed by atoms with Crippen LogP contribution in [0.25, 0.3) is 11.0 Å². The summed E-state index contributed by atoms with van der Waals surface area (Å²) in [6.45, 7) is 0.262. The number of carbonyl (C=O) groups excluding carboxylic acids is 2. The molecule has 0 spiro atoms. The Balaban J connectivity index is 1.64. The Bertz CT molecular complexity index is 1380. The molecule has 0 fully saturated rings. The summed E-state index contributed by atoms with van der Waals surface area (Å²) in [6.07, 6.45) is 0. The van der Waals surface area contributed by atoms with Crippen molar-refractivity contribution in [3.8, 4) is 0 Å². The minimum absolute atomic E-state index is 0.224. The van der Waals surface area contributed by atoms with Gasteiger partial charge in [-0.05, 0) is 42.0 Å². The third-order valence-electron chi connectivity index (χ3n) is 5.40. The molecular formula is C24H23N5O3. The third kappa shape index (κ3) is 3.74. The lowest BCUT2D eigenvalue weighted by Crippen LogP contribution is -2.24. The largest absolute Gasteiger partial charge is 0.397 e. The van der Waals surface area contributed by atoms with Crippen LogP contribution in [0.15, 0.2) is 71.5 Å². The van der Waals surface area contributed by atoms with Crippen molar-refractivity contribution in [3.05, 3.63) is 93.9 Å². The number of hydrogen-bond donors (Lipinski definition) is 3. The number of amides is 2. The van der Waals surface area contributed by atoms with Crippen molar-refractivity contribution >= 4 is 34.2 Å². The molecule has 4 aromatic rings. The fourth-order valence-electron chi connectivity index (χ4n) is 3.68. The van der Waals surface area contributed by atoms with Gasteiger partial charge in [0.2, 0.25) is 0 Å². The summed E-state index contributed by atoms with van der Waals surface area (Å²) in [6, 6.07) is 19.3. The van der Waals surface area contributed by atoms with Crippen LogP contribution in [0.3, 0.4) is 0 Å². The maximum Gasteiger partial charge on any atom is 0.329 e. The normalized spacial score (nSPS) is 10.8. The molecule has 2 amide bonds. The molecule has 0 bridgehead atoms. The van der Waals surface area contributed by atoms with E-state index in [0.29, 0.717) is 33.5 Å². The van der Waals surface area contributed by atoms with Gasteiger partial charge in [-0.1, -0.05) is 30.3 Å². The molecule has 0 radical (unpaired) electrons. The minimum atomic E-state index is -0.279. The molecule has 32 heavy (non-hydrogen) atoms. The molecule has 0 saturated heterocycles. The molecule has 0 saturated carbocycles. The van der Waals surface area contributed by atoms with Crippen LogP contribution in [-0.4, -0.2) is 28.0 Å². The number of hydrogen-bond acceptors (Lipinski definition) is 4. The van der Waals surface area contributed by atoms with Crippen molar-refractivity contribution < 1.29 is 9.59 Å². The van der Waals surface area contributed by atoms with E-state index in [2.05, 4.69) is 10.6 Å². The van der Waals surface area contributed by atoms with Gasteiger partial charge in [0, 0.05) is 19.7 Å². The van der Waals surface area contributed by atoms with Gasteiger partial charge in [-0.15, -0.1) is 0 Å². The van der Waals surface area contributed by atoms with Gasteiger partial charge in [-0.25, -0.2) is 4.79 Å². The van der Waals surface area contributed by atoms with Crippen LogP contribution in [0, 0.1) is 0 Å². The molecule has 4 rings (SSSR count). The number of benzene rings is 3. The Morgan fingerprint density at radius 3 is 2.34 bits per heavy atom. The highest BCUT2D eigenvalue weighted by molar-refractivity contribution is 6.06. The van der Waals surface area contributed by atoms with Crippen molar-refractivity contribution in [1.82, 2.24) is 14.5 Å². The van der Waals surface area contributed by atoms with Gasteiger partial charge in [-0.3, -0.25) is 18.7 Å². The second kappa shape index (κ2) is 8.43. The Hall–Kier alpha value is -4.33. The van der Waals surface area contributed by atoms with Crippen LogP contribution in [0.1, 0.15) is 26.3 Å². The van der Waals surface area contributed by atoms with Crippen LogP contribution in [0.4, 0.5) is 11.4 Å². The number of nitrogens with two attached hydrogens (primary N) is 1. The van der Waals surface area contributed by atoms with Crippen LogP contribution in [0.5, 0.6) is 0 Å². The van der Waals surface area contributed by atoms with E-state index in [1.807, 2.05) is 6.07 Å². The number of fused-ring (bicyclic) bond motifs is 1. The first-order valence-corrected chi connectivity index (χ1v) is 10.1. The summed E-state index contributed by atoms with van der Waals surface area (Å²) in [5.41, 5.74) is 9.65. The molecule has 3 aromatic carbocycles. The van der Waals surface area contributed by atoms with Gasteiger partial charge in [0.25, 0.3) is 11.8 Å². The lowest BCUT2D eigenvalue weighted by Gasteiger charge is -2.10. The number of imidazole rings is 1. The summed E-state index contributed by atoms with van der Waals surface area (Å²) < 4.78 is 3.09. The number of para-hydroxylation sites is 3. The maximum atomic E-state index is 12.9. The Kier molecular flexibility index (Phi) is 5.51. The van der Waals surface area contributed by atoms with E-state index < -0.39 is 0 Å². The summed E-state index contributed by atoms with van der Waals surface area (Å²) in [4.78, 5) is 37.8. The molecule has 0 aliphatic rings. The molecule has 8 heteroatoms. The predicted molar refractivity (Wildman–Crippen MR) is 125 cm³/mol. The van der Waals surface area contributed by atoms with E-state index in [1.54, 1.807) is 79.3 Å². The number of nitrogen functional groups attached to an aromatic ring is 1. The zero-order chi connectivity index (χ0) is 22.8. The van der Waals surface area contributed by atoms with E-state index in [9.17, 15) is 14.4 Å². The Morgan fingerprint density at radius 1 is 0.938 bits per heavy atom. The Morgan fingerprint density at radius 2 is 1.66 bits per heavy atom. The van der Waals surface area contributed by atoms with Gasteiger partial charge in [0.15, 0.2) is 0 Å². The molecule has 8 nitrogen and oxygen atoms in total. The zero-order valence-corrected chi connectivity index (χ0v) is 17.8. The molecule has 0 aliphatic carbocycles. The second-order valence-electron chi connectivity index (χ2n) is 7.42. The smallest absolute Gasteiger partial charge is 0.329 e. The SMILES string of the molecule is CNC(=O)c1cccc2c1n(Cc1ccc(C(=O)Nc3ccccc3N)cc1)c(=O)n2C. The van der Waals surface area contributed by atoms with Gasteiger partial charge >= 0.3 is 5.69 Å². The monoisotopic (exact) mass is 429 g/mol. The number of rotatable bonds is 5. The van der Waals surface area contributed by atoms with Crippen LogP contribution >= 0.6 is 0 Å². The quantitative estimate of drug-likeness (QED) is 0.424. The average Bonchev–Trinajstić information content (AvgIpc) is 3.05. The predicted octanol–water partition coefficient (Wildman–Crippen LogP) is 2.58. The average molecular weight is 429 g/mol. The molecule has 162 valence electrons. The number of carbonyl (C=O) groups is 2. The number of aryl methyl sites for hydroxylation is 1. The first-order chi connectivity index (χ1) is 15.4. The number of anilines is 2. The first kappa shape index (κ1) is 20.9. The van der Waals surface area contributed by atoms with E-state index in [-0.39, 0.29) is 24.0 Å². The lowest BCUT2D eigenvalue weighted by molar-refractivity contribution is 0.0963. The maximum absolute atomic E-state index is 12.9. The van der Waals surface area contributed by atoms with Gasteiger partial charge < -0.3 is 16.4 Å². The van der Waals surface area contributed by atoms with E-state index in [1.165, 1.54) is 4.57 Å². The highest BCUT2D eigenvalue weighted by atomic mass is 16.2. The zero-order valence-electron chi connectivity index (χ0n) is 17.8. The number of aromatic nitrogens is 2.